The lowest BCUT2D eigenvalue weighted by atomic mass is 10.1. The van der Waals surface area contributed by atoms with Crippen LogP contribution < -0.4 is 5.32 Å². The normalized spacial score (nSPS) is 13.2. The Kier molecular flexibility index (Phi) is 4.30. The first kappa shape index (κ1) is 18.4. The molecule has 1 N–H and O–H groups in total. The van der Waals surface area contributed by atoms with Crippen LogP contribution in [0, 0.1) is 0 Å². The summed E-state index contributed by atoms with van der Waals surface area (Å²) in [6.07, 6.45) is 0. The van der Waals surface area contributed by atoms with E-state index in [0.29, 0.717) is 26.9 Å². The van der Waals surface area contributed by atoms with Crippen LogP contribution in [0.2, 0.25) is 5.02 Å². The summed E-state index contributed by atoms with van der Waals surface area (Å²) in [5.41, 5.74) is 1.35. The van der Waals surface area contributed by atoms with Crippen molar-refractivity contribution in [2.24, 2.45) is 0 Å². The van der Waals surface area contributed by atoms with Gasteiger partial charge in [0.25, 0.3) is 11.8 Å². The molecule has 0 aliphatic carbocycles. The van der Waals surface area contributed by atoms with Crippen molar-refractivity contribution in [3.05, 3.63) is 64.7 Å². The van der Waals surface area contributed by atoms with Crippen LogP contribution in [-0.4, -0.2) is 49.0 Å². The third-order valence-corrected chi connectivity index (χ3v) is 5.59. The lowest BCUT2D eigenvalue weighted by Gasteiger charge is -2.12. The number of aromatic nitrogens is 4. The largest absolute Gasteiger partial charge is 0.299 e. The number of nitrogens with zero attached hydrogens (tertiary/aromatic N) is 5. The zero-order valence-corrected chi connectivity index (χ0v) is 16.6. The summed E-state index contributed by atoms with van der Waals surface area (Å²) in [5, 5.41) is 16.0. The minimum Gasteiger partial charge on any atom is -0.299 e. The van der Waals surface area contributed by atoms with Crippen molar-refractivity contribution < 1.29 is 14.4 Å². The van der Waals surface area contributed by atoms with Crippen LogP contribution in [0.3, 0.4) is 0 Å². The van der Waals surface area contributed by atoms with Crippen molar-refractivity contribution in [3.63, 3.8) is 0 Å². The third kappa shape index (κ3) is 3.02. The highest BCUT2D eigenvalue weighted by Gasteiger charge is 2.36. The number of anilines is 1. The maximum absolute atomic E-state index is 12.5. The van der Waals surface area contributed by atoms with Crippen molar-refractivity contribution in [2.75, 3.05) is 11.9 Å². The molecule has 0 atom stereocenters. The maximum Gasteiger partial charge on any atom is 0.262 e. The standard InChI is InChI=1S/C19H11ClN6O3S/c20-11-7-5-10(6-8-11)15-22-23-19-26(15)24-18(30-19)21-14(27)9-25-16(28)12-3-1-2-4-13(12)17(25)29/h1-8H,9H2,(H,21,24,27). The summed E-state index contributed by atoms with van der Waals surface area (Å²) in [6, 6.07) is 13.5. The van der Waals surface area contributed by atoms with Gasteiger partial charge in [0.1, 0.15) is 6.54 Å². The Morgan fingerprint density at radius 2 is 1.67 bits per heavy atom. The fourth-order valence-corrected chi connectivity index (χ4v) is 4.01. The Hall–Kier alpha value is -3.63. The number of hydrogen-bond donors (Lipinski definition) is 1. The van der Waals surface area contributed by atoms with Gasteiger partial charge >= 0.3 is 0 Å². The topological polar surface area (TPSA) is 110 Å². The predicted octanol–water partition coefficient (Wildman–Crippen LogP) is 2.74. The van der Waals surface area contributed by atoms with Crippen LogP contribution in [-0.2, 0) is 4.79 Å². The van der Waals surface area contributed by atoms with Gasteiger partial charge in [-0.15, -0.1) is 15.3 Å². The molecule has 2 aromatic carbocycles. The first-order valence-electron chi connectivity index (χ1n) is 8.74. The molecular weight excluding hydrogens is 428 g/mol. The van der Waals surface area contributed by atoms with E-state index in [4.69, 9.17) is 11.6 Å². The van der Waals surface area contributed by atoms with Crippen molar-refractivity contribution in [2.45, 2.75) is 0 Å². The first-order valence-corrected chi connectivity index (χ1v) is 9.94. The molecule has 2 aromatic heterocycles. The molecule has 0 radical (unpaired) electrons. The second-order valence-electron chi connectivity index (χ2n) is 6.42. The lowest BCUT2D eigenvalue weighted by molar-refractivity contribution is -0.116. The van der Waals surface area contributed by atoms with E-state index in [9.17, 15) is 14.4 Å². The van der Waals surface area contributed by atoms with Gasteiger partial charge in [-0.2, -0.15) is 4.52 Å². The highest BCUT2D eigenvalue weighted by atomic mass is 35.5. The highest BCUT2D eigenvalue weighted by Crippen LogP contribution is 2.26. The molecule has 3 amide bonds. The van der Waals surface area contributed by atoms with Crippen molar-refractivity contribution in [1.29, 1.82) is 0 Å². The summed E-state index contributed by atoms with van der Waals surface area (Å²) in [5.74, 6) is -1.02. The number of hydrogen-bond acceptors (Lipinski definition) is 7. The van der Waals surface area contributed by atoms with E-state index in [2.05, 4.69) is 20.6 Å². The van der Waals surface area contributed by atoms with Gasteiger partial charge in [-0.1, -0.05) is 35.1 Å². The Morgan fingerprint density at radius 1 is 1.00 bits per heavy atom. The minimum absolute atomic E-state index is 0.275. The fourth-order valence-electron chi connectivity index (χ4n) is 3.13. The van der Waals surface area contributed by atoms with Crippen molar-refractivity contribution >= 4 is 50.8 Å². The van der Waals surface area contributed by atoms with Gasteiger partial charge in [0.2, 0.25) is 16.0 Å². The van der Waals surface area contributed by atoms with Crippen LogP contribution in [0.15, 0.2) is 48.5 Å². The second-order valence-corrected chi connectivity index (χ2v) is 7.81. The lowest BCUT2D eigenvalue weighted by Crippen LogP contribution is -2.37. The summed E-state index contributed by atoms with van der Waals surface area (Å²) in [4.78, 5) is 38.7. The number of carbonyl (C=O) groups excluding carboxylic acids is 3. The van der Waals surface area contributed by atoms with Crippen LogP contribution in [0.4, 0.5) is 5.13 Å². The number of amides is 3. The molecule has 148 valence electrons. The molecular formula is C19H11ClN6O3S. The predicted molar refractivity (Wildman–Crippen MR) is 110 cm³/mol. The highest BCUT2D eigenvalue weighted by molar-refractivity contribution is 7.20. The minimum atomic E-state index is -0.539. The van der Waals surface area contributed by atoms with E-state index in [1.807, 2.05) is 0 Å². The molecule has 3 heterocycles. The summed E-state index contributed by atoms with van der Waals surface area (Å²) >= 11 is 7.04. The van der Waals surface area contributed by atoms with E-state index in [-0.39, 0.29) is 5.13 Å². The van der Waals surface area contributed by atoms with Gasteiger partial charge in [-0.3, -0.25) is 24.6 Å². The van der Waals surface area contributed by atoms with Gasteiger partial charge in [0, 0.05) is 10.6 Å². The number of benzene rings is 2. The SMILES string of the molecule is O=C(CN1C(=O)c2ccccc2C1=O)Nc1nn2c(-c3ccc(Cl)cc3)nnc2s1. The Morgan fingerprint density at radius 3 is 2.33 bits per heavy atom. The third-order valence-electron chi connectivity index (χ3n) is 4.52. The number of fused-ring (bicyclic) bond motifs is 2. The summed E-state index contributed by atoms with van der Waals surface area (Å²) in [7, 11) is 0. The van der Waals surface area contributed by atoms with Crippen LogP contribution in [0.5, 0.6) is 0 Å². The zero-order valence-electron chi connectivity index (χ0n) is 15.1. The Labute approximate surface area is 177 Å². The number of halogens is 1. The first-order chi connectivity index (χ1) is 14.5. The number of imide groups is 1. The molecule has 4 aromatic rings. The molecule has 0 saturated carbocycles. The van der Waals surface area contributed by atoms with Crippen LogP contribution in [0.1, 0.15) is 20.7 Å². The van der Waals surface area contributed by atoms with Gasteiger partial charge < -0.3 is 0 Å². The van der Waals surface area contributed by atoms with E-state index in [1.165, 1.54) is 4.52 Å². The number of rotatable bonds is 4. The number of carbonyl (C=O) groups is 3. The van der Waals surface area contributed by atoms with Gasteiger partial charge in [-0.25, -0.2) is 0 Å². The van der Waals surface area contributed by atoms with Gasteiger partial charge in [-0.05, 0) is 36.4 Å². The Balaban J connectivity index is 1.34. The van der Waals surface area contributed by atoms with E-state index < -0.39 is 24.3 Å². The quantitative estimate of drug-likeness (QED) is 0.490. The molecule has 0 unspecified atom stereocenters. The van der Waals surface area contributed by atoms with Crippen molar-refractivity contribution in [1.82, 2.24) is 24.7 Å². The van der Waals surface area contributed by atoms with E-state index >= 15 is 0 Å². The molecule has 5 rings (SSSR count). The number of nitrogens with one attached hydrogen (secondary N) is 1. The molecule has 0 spiro atoms. The molecule has 0 bridgehead atoms. The smallest absolute Gasteiger partial charge is 0.262 e. The summed E-state index contributed by atoms with van der Waals surface area (Å²) < 4.78 is 1.51. The Bertz CT molecular complexity index is 1290. The molecule has 0 fully saturated rings. The molecule has 11 heteroatoms. The maximum atomic E-state index is 12.5. The molecule has 1 aliphatic heterocycles. The average molecular weight is 439 g/mol. The van der Waals surface area contributed by atoms with Gasteiger partial charge in [0.05, 0.1) is 11.1 Å². The molecule has 30 heavy (non-hydrogen) atoms. The van der Waals surface area contributed by atoms with E-state index in [0.717, 1.165) is 21.8 Å². The summed E-state index contributed by atoms with van der Waals surface area (Å²) in [6.45, 7) is -0.406. The van der Waals surface area contributed by atoms with Gasteiger partial charge in [0.15, 0.2) is 5.82 Å². The molecule has 9 nitrogen and oxygen atoms in total. The zero-order chi connectivity index (χ0) is 20.8. The molecule has 1 aliphatic rings. The van der Waals surface area contributed by atoms with E-state index in [1.54, 1.807) is 48.5 Å². The second kappa shape index (κ2) is 7.01. The average Bonchev–Trinajstić information content (AvgIpc) is 3.38. The van der Waals surface area contributed by atoms with Crippen LogP contribution >= 0.6 is 22.9 Å². The monoisotopic (exact) mass is 438 g/mol. The molecule has 0 saturated heterocycles. The van der Waals surface area contributed by atoms with Crippen molar-refractivity contribution in [3.8, 4) is 11.4 Å². The fraction of sp³-hybridized carbons (Fsp3) is 0.0526. The van der Waals surface area contributed by atoms with Crippen LogP contribution in [0.25, 0.3) is 16.3 Å².